The molecule has 0 aliphatic carbocycles. The smallest absolute Gasteiger partial charge is 0.141 e. The number of aromatic nitrogens is 1. The second-order valence-corrected chi connectivity index (χ2v) is 5.87. The Morgan fingerprint density at radius 2 is 2.00 bits per heavy atom. The van der Waals surface area contributed by atoms with Crippen LogP contribution in [0.25, 0.3) is 10.1 Å². The van der Waals surface area contributed by atoms with Crippen LogP contribution >= 0.6 is 11.3 Å². The number of thiophene rings is 1. The van der Waals surface area contributed by atoms with Crippen LogP contribution in [0.1, 0.15) is 23.4 Å². The van der Waals surface area contributed by atoms with E-state index < -0.39 is 0 Å². The highest BCUT2D eigenvalue weighted by Gasteiger charge is 2.17. The van der Waals surface area contributed by atoms with Gasteiger partial charge in [-0.3, -0.25) is 4.98 Å². The molecule has 2 aromatic heterocycles. The van der Waals surface area contributed by atoms with Crippen molar-refractivity contribution in [2.24, 2.45) is 0 Å². The minimum Gasteiger partial charge on any atom is -0.306 e. The van der Waals surface area contributed by atoms with Gasteiger partial charge in [0.15, 0.2) is 0 Å². The van der Waals surface area contributed by atoms with Crippen molar-refractivity contribution in [2.45, 2.75) is 13.0 Å². The average molecular weight is 304 g/mol. The lowest BCUT2D eigenvalue weighted by molar-refractivity contribution is 0.599. The molecule has 1 aromatic carbocycles. The van der Waals surface area contributed by atoms with Crippen molar-refractivity contribution in [1.29, 1.82) is 0 Å². The number of rotatable bonds is 4. The van der Waals surface area contributed by atoms with Gasteiger partial charge in [0.25, 0.3) is 0 Å². The van der Waals surface area contributed by atoms with Crippen molar-refractivity contribution in [3.8, 4) is 0 Å². The summed E-state index contributed by atoms with van der Waals surface area (Å²) in [6, 6.07) is 8.02. The summed E-state index contributed by atoms with van der Waals surface area (Å²) in [5.74, 6) is -0.609. The standard InChI is InChI=1S/C16H14F2N2S/c1-2-20-16(11-6-13(18)9-19-8-11)15-7-10-5-12(17)3-4-14(10)21-15/h3-9,16,20H,2H2,1H3. The van der Waals surface area contributed by atoms with Gasteiger partial charge in [0.1, 0.15) is 11.6 Å². The number of fused-ring (bicyclic) bond motifs is 1. The molecule has 1 unspecified atom stereocenters. The molecule has 0 saturated heterocycles. The molecule has 3 aromatic rings. The molecule has 0 bridgehead atoms. The second kappa shape index (κ2) is 5.87. The summed E-state index contributed by atoms with van der Waals surface area (Å²) < 4.78 is 27.7. The lowest BCUT2D eigenvalue weighted by Crippen LogP contribution is -2.21. The van der Waals surface area contributed by atoms with Gasteiger partial charge < -0.3 is 5.32 Å². The molecule has 1 N–H and O–H groups in total. The number of nitrogens with zero attached hydrogens (tertiary/aromatic N) is 1. The highest BCUT2D eigenvalue weighted by atomic mass is 32.1. The van der Waals surface area contributed by atoms with E-state index in [4.69, 9.17) is 0 Å². The molecule has 2 heterocycles. The SMILES string of the molecule is CCNC(c1cncc(F)c1)c1cc2cc(F)ccc2s1. The molecule has 0 fully saturated rings. The first-order chi connectivity index (χ1) is 10.2. The van der Waals surface area contributed by atoms with Gasteiger partial charge in [0, 0.05) is 15.8 Å². The quantitative estimate of drug-likeness (QED) is 0.778. The van der Waals surface area contributed by atoms with Crippen LogP contribution < -0.4 is 5.32 Å². The Labute approximate surface area is 125 Å². The Morgan fingerprint density at radius 1 is 1.14 bits per heavy atom. The molecule has 0 spiro atoms. The van der Waals surface area contributed by atoms with Gasteiger partial charge in [-0.05, 0) is 47.8 Å². The van der Waals surface area contributed by atoms with E-state index in [1.54, 1.807) is 23.6 Å². The van der Waals surface area contributed by atoms with Crippen molar-refractivity contribution in [3.63, 3.8) is 0 Å². The number of benzene rings is 1. The molecule has 3 rings (SSSR count). The summed E-state index contributed by atoms with van der Waals surface area (Å²) in [7, 11) is 0. The number of hydrogen-bond donors (Lipinski definition) is 1. The third-order valence-corrected chi connectivity index (χ3v) is 4.43. The third kappa shape index (κ3) is 2.94. The predicted octanol–water partition coefficient (Wildman–Crippen LogP) is 4.27. The summed E-state index contributed by atoms with van der Waals surface area (Å²) in [5.41, 5.74) is 0.767. The Morgan fingerprint density at radius 3 is 2.76 bits per heavy atom. The maximum atomic E-state index is 13.4. The maximum absolute atomic E-state index is 13.4. The Hall–Kier alpha value is -1.85. The Kier molecular flexibility index (Phi) is 3.94. The summed E-state index contributed by atoms with van der Waals surface area (Å²) in [6.07, 6.45) is 2.84. The van der Waals surface area contributed by atoms with E-state index in [9.17, 15) is 8.78 Å². The van der Waals surface area contributed by atoms with Gasteiger partial charge in [0.05, 0.1) is 12.2 Å². The fourth-order valence-corrected chi connectivity index (χ4v) is 3.50. The van der Waals surface area contributed by atoms with Gasteiger partial charge in [-0.25, -0.2) is 8.78 Å². The van der Waals surface area contributed by atoms with Crippen LogP contribution in [0.4, 0.5) is 8.78 Å². The second-order valence-electron chi connectivity index (χ2n) is 4.76. The van der Waals surface area contributed by atoms with E-state index >= 15 is 0 Å². The van der Waals surface area contributed by atoms with Crippen LogP contribution in [-0.4, -0.2) is 11.5 Å². The van der Waals surface area contributed by atoms with Crippen molar-refractivity contribution < 1.29 is 8.78 Å². The molecule has 0 aliphatic rings. The van der Waals surface area contributed by atoms with Gasteiger partial charge in [-0.1, -0.05) is 6.92 Å². The molecule has 0 radical (unpaired) electrons. The van der Waals surface area contributed by atoms with Gasteiger partial charge in [0.2, 0.25) is 0 Å². The van der Waals surface area contributed by atoms with E-state index in [2.05, 4.69) is 10.3 Å². The minimum absolute atomic E-state index is 0.140. The van der Waals surface area contributed by atoms with Crippen LogP contribution in [0, 0.1) is 11.6 Å². The fraction of sp³-hybridized carbons (Fsp3) is 0.188. The number of halogens is 2. The first kappa shape index (κ1) is 14.1. The molecule has 0 amide bonds. The van der Waals surface area contributed by atoms with E-state index in [-0.39, 0.29) is 17.7 Å². The zero-order chi connectivity index (χ0) is 14.8. The van der Waals surface area contributed by atoms with E-state index in [0.29, 0.717) is 0 Å². The summed E-state index contributed by atoms with van der Waals surface area (Å²) in [6.45, 7) is 2.73. The summed E-state index contributed by atoms with van der Waals surface area (Å²) in [5, 5.41) is 4.19. The lowest BCUT2D eigenvalue weighted by Gasteiger charge is -2.16. The first-order valence-electron chi connectivity index (χ1n) is 6.70. The van der Waals surface area contributed by atoms with Crippen LogP contribution in [0.3, 0.4) is 0 Å². The van der Waals surface area contributed by atoms with Crippen LogP contribution in [0.15, 0.2) is 42.7 Å². The number of hydrogen-bond acceptors (Lipinski definition) is 3. The Balaban J connectivity index is 2.06. The molecule has 0 aliphatic heterocycles. The van der Waals surface area contributed by atoms with Gasteiger partial charge >= 0.3 is 0 Å². The minimum atomic E-state index is -0.359. The number of nitrogens with one attached hydrogen (secondary N) is 1. The monoisotopic (exact) mass is 304 g/mol. The largest absolute Gasteiger partial charge is 0.306 e. The first-order valence-corrected chi connectivity index (χ1v) is 7.52. The third-order valence-electron chi connectivity index (χ3n) is 3.25. The molecule has 5 heteroatoms. The zero-order valence-electron chi connectivity index (χ0n) is 11.4. The summed E-state index contributed by atoms with van der Waals surface area (Å²) >= 11 is 1.58. The van der Waals surface area contributed by atoms with Crippen molar-refractivity contribution in [1.82, 2.24) is 10.3 Å². The Bertz CT molecular complexity index is 770. The van der Waals surface area contributed by atoms with E-state index in [1.807, 2.05) is 13.0 Å². The molecule has 21 heavy (non-hydrogen) atoms. The molecule has 2 nitrogen and oxygen atoms in total. The normalized spacial score (nSPS) is 12.7. The highest BCUT2D eigenvalue weighted by Crippen LogP contribution is 2.33. The zero-order valence-corrected chi connectivity index (χ0v) is 12.3. The summed E-state index contributed by atoms with van der Waals surface area (Å²) in [4.78, 5) is 4.93. The number of pyridine rings is 1. The molecule has 108 valence electrons. The van der Waals surface area contributed by atoms with Crippen LogP contribution in [0.2, 0.25) is 0 Å². The molecule has 1 atom stereocenters. The molecular formula is C16H14F2N2S. The van der Waals surface area contributed by atoms with Crippen LogP contribution in [-0.2, 0) is 0 Å². The maximum Gasteiger partial charge on any atom is 0.141 e. The van der Waals surface area contributed by atoms with Crippen molar-refractivity contribution in [3.05, 3.63) is 64.8 Å². The molecular weight excluding hydrogens is 290 g/mol. The lowest BCUT2D eigenvalue weighted by atomic mass is 10.1. The van der Waals surface area contributed by atoms with E-state index in [0.717, 1.165) is 27.1 Å². The van der Waals surface area contributed by atoms with Crippen molar-refractivity contribution in [2.75, 3.05) is 6.54 Å². The van der Waals surface area contributed by atoms with Gasteiger partial charge in [-0.15, -0.1) is 11.3 Å². The average Bonchev–Trinajstić information content (AvgIpc) is 2.87. The topological polar surface area (TPSA) is 24.9 Å². The van der Waals surface area contributed by atoms with Gasteiger partial charge in [-0.2, -0.15) is 0 Å². The highest BCUT2D eigenvalue weighted by molar-refractivity contribution is 7.19. The van der Waals surface area contributed by atoms with Crippen molar-refractivity contribution >= 4 is 21.4 Å². The molecule has 0 saturated carbocycles. The van der Waals surface area contributed by atoms with E-state index in [1.165, 1.54) is 24.4 Å². The predicted molar refractivity (Wildman–Crippen MR) is 81.5 cm³/mol. The van der Waals surface area contributed by atoms with Crippen LogP contribution in [0.5, 0.6) is 0 Å². The fourth-order valence-electron chi connectivity index (χ4n) is 2.35.